The number of amides is 1. The Balaban J connectivity index is 1.35. The molecule has 0 unspecified atom stereocenters. The SMILES string of the molecule is CCOC(=O)c1cc(-c2ccccc2)sc1NC(=O)COC(=O)c1cc(-c2ccccc2)nc2ccccc12. The highest BCUT2D eigenvalue weighted by Crippen LogP contribution is 2.36. The third-order valence-corrected chi connectivity index (χ3v) is 6.98. The highest BCUT2D eigenvalue weighted by Gasteiger charge is 2.21. The molecule has 2 heterocycles. The average Bonchev–Trinajstić information content (AvgIpc) is 3.40. The van der Waals surface area contributed by atoms with E-state index in [0.717, 1.165) is 16.0 Å². The second-order valence-corrected chi connectivity index (χ2v) is 9.55. The number of carbonyl (C=O) groups is 3. The predicted molar refractivity (Wildman–Crippen MR) is 152 cm³/mol. The fourth-order valence-electron chi connectivity index (χ4n) is 4.06. The average molecular weight is 537 g/mol. The van der Waals surface area contributed by atoms with Crippen LogP contribution in [0.1, 0.15) is 27.6 Å². The molecule has 0 bridgehead atoms. The van der Waals surface area contributed by atoms with E-state index in [1.54, 1.807) is 25.1 Å². The van der Waals surface area contributed by atoms with Crippen LogP contribution in [0.5, 0.6) is 0 Å². The van der Waals surface area contributed by atoms with E-state index in [0.29, 0.717) is 27.2 Å². The van der Waals surface area contributed by atoms with Crippen LogP contribution < -0.4 is 5.32 Å². The van der Waals surface area contributed by atoms with Crippen molar-refractivity contribution >= 4 is 45.1 Å². The Labute approximate surface area is 229 Å². The molecule has 0 aliphatic carbocycles. The van der Waals surface area contributed by atoms with Gasteiger partial charge in [0, 0.05) is 15.8 Å². The van der Waals surface area contributed by atoms with Crippen LogP contribution in [0.3, 0.4) is 0 Å². The molecule has 2 aromatic heterocycles. The van der Waals surface area contributed by atoms with Gasteiger partial charge in [0.1, 0.15) is 5.00 Å². The lowest BCUT2D eigenvalue weighted by Gasteiger charge is -2.10. The van der Waals surface area contributed by atoms with Crippen LogP contribution in [-0.2, 0) is 14.3 Å². The Bertz CT molecular complexity index is 1650. The third-order valence-electron chi connectivity index (χ3n) is 5.88. The number of aromatic nitrogens is 1. The first-order valence-electron chi connectivity index (χ1n) is 12.3. The monoisotopic (exact) mass is 536 g/mol. The molecule has 0 atom stereocenters. The van der Waals surface area contributed by atoms with Gasteiger partial charge in [-0.1, -0.05) is 78.9 Å². The Morgan fingerprint density at radius 3 is 2.13 bits per heavy atom. The van der Waals surface area contributed by atoms with Crippen LogP contribution >= 0.6 is 11.3 Å². The summed E-state index contributed by atoms with van der Waals surface area (Å²) in [6, 6.07) is 29.6. The summed E-state index contributed by atoms with van der Waals surface area (Å²) >= 11 is 1.25. The van der Waals surface area contributed by atoms with E-state index in [1.165, 1.54) is 11.3 Å². The van der Waals surface area contributed by atoms with Crippen LogP contribution in [0.25, 0.3) is 32.6 Å². The van der Waals surface area contributed by atoms with Crippen molar-refractivity contribution in [3.05, 3.63) is 108 Å². The lowest BCUT2D eigenvalue weighted by atomic mass is 10.0. The summed E-state index contributed by atoms with van der Waals surface area (Å²) in [5.41, 5.74) is 3.57. The van der Waals surface area contributed by atoms with Gasteiger partial charge in [-0.05, 0) is 30.7 Å². The van der Waals surface area contributed by atoms with E-state index in [9.17, 15) is 14.4 Å². The largest absolute Gasteiger partial charge is 0.462 e. The quantitative estimate of drug-likeness (QED) is 0.225. The van der Waals surface area contributed by atoms with Crippen molar-refractivity contribution in [2.24, 2.45) is 0 Å². The van der Waals surface area contributed by atoms with Gasteiger partial charge in [-0.15, -0.1) is 11.3 Å². The number of ether oxygens (including phenoxy) is 2. The van der Waals surface area contributed by atoms with E-state index < -0.39 is 24.5 Å². The number of benzene rings is 3. The van der Waals surface area contributed by atoms with E-state index in [4.69, 9.17) is 9.47 Å². The zero-order valence-electron chi connectivity index (χ0n) is 21.0. The molecule has 39 heavy (non-hydrogen) atoms. The van der Waals surface area contributed by atoms with E-state index in [1.807, 2.05) is 78.9 Å². The molecular weight excluding hydrogens is 512 g/mol. The van der Waals surface area contributed by atoms with Crippen molar-refractivity contribution in [1.82, 2.24) is 4.98 Å². The first-order valence-corrected chi connectivity index (χ1v) is 13.1. The number of nitrogens with one attached hydrogen (secondary N) is 1. The maximum atomic E-state index is 13.1. The topological polar surface area (TPSA) is 94.6 Å². The number of hydrogen-bond donors (Lipinski definition) is 1. The van der Waals surface area contributed by atoms with Gasteiger partial charge in [0.05, 0.1) is 28.9 Å². The molecule has 5 rings (SSSR count). The van der Waals surface area contributed by atoms with Gasteiger partial charge in [0.15, 0.2) is 6.61 Å². The summed E-state index contributed by atoms with van der Waals surface area (Å²) in [6.45, 7) is 1.38. The smallest absolute Gasteiger partial charge is 0.341 e. The summed E-state index contributed by atoms with van der Waals surface area (Å²) < 4.78 is 10.6. The summed E-state index contributed by atoms with van der Waals surface area (Å²) in [6.07, 6.45) is 0. The first kappa shape index (κ1) is 25.8. The highest BCUT2D eigenvalue weighted by atomic mass is 32.1. The molecule has 0 aliphatic rings. The number of esters is 2. The lowest BCUT2D eigenvalue weighted by Crippen LogP contribution is -2.21. The number of nitrogens with zero attached hydrogens (tertiary/aromatic N) is 1. The summed E-state index contributed by atoms with van der Waals surface area (Å²) in [7, 11) is 0. The van der Waals surface area contributed by atoms with Gasteiger partial charge >= 0.3 is 11.9 Å². The Morgan fingerprint density at radius 2 is 1.41 bits per heavy atom. The van der Waals surface area contributed by atoms with Crippen molar-refractivity contribution in [2.75, 3.05) is 18.5 Å². The summed E-state index contributed by atoms with van der Waals surface area (Å²) in [4.78, 5) is 44.0. The first-order chi connectivity index (χ1) is 19.0. The zero-order valence-corrected chi connectivity index (χ0v) is 21.9. The van der Waals surface area contributed by atoms with Crippen LogP contribution in [0.4, 0.5) is 5.00 Å². The molecule has 0 fully saturated rings. The highest BCUT2D eigenvalue weighted by molar-refractivity contribution is 7.20. The Hall–Kier alpha value is -4.82. The van der Waals surface area contributed by atoms with Gasteiger partial charge in [-0.3, -0.25) is 4.79 Å². The number of para-hydroxylation sites is 1. The van der Waals surface area contributed by atoms with E-state index >= 15 is 0 Å². The van der Waals surface area contributed by atoms with Gasteiger partial charge in [0.2, 0.25) is 0 Å². The van der Waals surface area contributed by atoms with Crippen LogP contribution in [0.15, 0.2) is 97.1 Å². The van der Waals surface area contributed by atoms with Crippen LogP contribution in [0.2, 0.25) is 0 Å². The fraction of sp³-hybridized carbons (Fsp3) is 0.0968. The zero-order chi connectivity index (χ0) is 27.2. The fourth-order valence-corrected chi connectivity index (χ4v) is 5.13. The number of carbonyl (C=O) groups excluding carboxylic acids is 3. The van der Waals surface area contributed by atoms with Crippen LogP contribution in [0, 0.1) is 0 Å². The number of hydrogen-bond acceptors (Lipinski definition) is 7. The van der Waals surface area contributed by atoms with Gasteiger partial charge in [-0.25, -0.2) is 14.6 Å². The van der Waals surface area contributed by atoms with Gasteiger partial charge < -0.3 is 14.8 Å². The molecule has 0 spiro atoms. The summed E-state index contributed by atoms with van der Waals surface area (Å²) in [5, 5.41) is 3.66. The minimum Gasteiger partial charge on any atom is -0.462 e. The van der Waals surface area contributed by atoms with Crippen molar-refractivity contribution < 1.29 is 23.9 Å². The van der Waals surface area contributed by atoms with Crippen molar-refractivity contribution in [3.63, 3.8) is 0 Å². The minimum atomic E-state index is -0.650. The Kier molecular flexibility index (Phi) is 7.75. The molecule has 0 radical (unpaired) electrons. The second-order valence-electron chi connectivity index (χ2n) is 8.50. The van der Waals surface area contributed by atoms with Crippen molar-refractivity contribution in [2.45, 2.75) is 6.92 Å². The maximum Gasteiger partial charge on any atom is 0.341 e. The second kappa shape index (κ2) is 11.7. The number of fused-ring (bicyclic) bond motifs is 1. The van der Waals surface area contributed by atoms with E-state index in [2.05, 4.69) is 10.3 Å². The van der Waals surface area contributed by atoms with Gasteiger partial charge in [-0.2, -0.15) is 0 Å². The van der Waals surface area contributed by atoms with Crippen molar-refractivity contribution in [1.29, 1.82) is 0 Å². The maximum absolute atomic E-state index is 13.1. The number of pyridine rings is 1. The standard InChI is InChI=1S/C31H24N2O5S/c1-2-37-31(36)24-18-27(21-13-7-4-8-14-21)39-29(24)33-28(34)19-38-30(35)23-17-26(20-11-5-3-6-12-20)32-25-16-10-9-15-22(23)25/h3-18H,2,19H2,1H3,(H,33,34). The van der Waals surface area contributed by atoms with E-state index in [-0.39, 0.29) is 12.2 Å². The number of rotatable bonds is 8. The summed E-state index contributed by atoms with van der Waals surface area (Å²) in [5.74, 6) is -1.76. The molecule has 1 N–H and O–H groups in total. The Morgan fingerprint density at radius 1 is 0.769 bits per heavy atom. The minimum absolute atomic E-state index is 0.200. The van der Waals surface area contributed by atoms with Crippen molar-refractivity contribution in [3.8, 4) is 21.7 Å². The number of anilines is 1. The van der Waals surface area contributed by atoms with Gasteiger partial charge in [0.25, 0.3) is 5.91 Å². The molecule has 5 aromatic rings. The predicted octanol–water partition coefficient (Wildman–Crippen LogP) is 6.60. The molecule has 0 aliphatic heterocycles. The molecule has 8 heteroatoms. The normalized spacial score (nSPS) is 10.7. The third kappa shape index (κ3) is 5.86. The lowest BCUT2D eigenvalue weighted by molar-refractivity contribution is -0.119. The molecule has 194 valence electrons. The molecule has 0 saturated carbocycles. The number of thiophene rings is 1. The molecule has 1 amide bonds. The molecular formula is C31H24N2O5S. The molecule has 7 nitrogen and oxygen atoms in total. The molecule has 3 aromatic carbocycles. The molecule has 0 saturated heterocycles. The van der Waals surface area contributed by atoms with Crippen LogP contribution in [-0.4, -0.2) is 36.0 Å².